The van der Waals surface area contributed by atoms with Crippen LogP contribution in [-0.2, 0) is 5.75 Å². The first kappa shape index (κ1) is 19.8. The van der Waals surface area contributed by atoms with Gasteiger partial charge in [0.25, 0.3) is 5.91 Å². The number of amides is 1. The van der Waals surface area contributed by atoms with Crippen molar-refractivity contribution in [1.29, 1.82) is 0 Å². The van der Waals surface area contributed by atoms with Crippen molar-refractivity contribution in [3.63, 3.8) is 0 Å². The van der Waals surface area contributed by atoms with Crippen molar-refractivity contribution in [3.8, 4) is 5.75 Å². The Morgan fingerprint density at radius 1 is 1.03 bits per heavy atom. The zero-order chi connectivity index (χ0) is 21.1. The molecule has 4 aromatic rings. The highest BCUT2D eigenvalue weighted by atomic mass is 32.2. The zero-order valence-electron chi connectivity index (χ0n) is 16.2. The molecule has 0 aliphatic carbocycles. The number of thioether (sulfide) groups is 1. The molecule has 0 saturated heterocycles. The van der Waals surface area contributed by atoms with Crippen LogP contribution in [0, 0.1) is 6.92 Å². The minimum absolute atomic E-state index is 0.0578. The summed E-state index contributed by atoms with van der Waals surface area (Å²) in [6, 6.07) is 21.4. The van der Waals surface area contributed by atoms with Crippen molar-refractivity contribution in [1.82, 2.24) is 0 Å². The number of carbonyl (C=O) groups excluding carboxylic acids is 1. The number of fused-ring (bicyclic) bond motifs is 1. The lowest BCUT2D eigenvalue weighted by Crippen LogP contribution is -2.13. The standard InChI is InChI=1S/C24H19NO4S/c1-15-4-2-3-5-21(15)23(27)25-18-7-10-20(11-8-18)30-14-17-12-16-6-9-19(26)13-22(16)29-24(17)28/h2-13,26H,14H2,1H3,(H,25,27). The summed E-state index contributed by atoms with van der Waals surface area (Å²) in [6.45, 7) is 1.90. The molecule has 4 rings (SSSR count). The summed E-state index contributed by atoms with van der Waals surface area (Å²) in [6.07, 6.45) is 0. The van der Waals surface area contributed by atoms with Crippen molar-refractivity contribution in [2.24, 2.45) is 0 Å². The Bertz CT molecular complexity index is 1280. The van der Waals surface area contributed by atoms with E-state index in [1.165, 1.54) is 17.8 Å². The molecule has 0 bridgehead atoms. The number of nitrogens with one attached hydrogen (secondary N) is 1. The number of hydrogen-bond donors (Lipinski definition) is 2. The molecule has 0 unspecified atom stereocenters. The summed E-state index contributed by atoms with van der Waals surface area (Å²) < 4.78 is 5.30. The Morgan fingerprint density at radius 2 is 1.80 bits per heavy atom. The highest BCUT2D eigenvalue weighted by Gasteiger charge is 2.09. The van der Waals surface area contributed by atoms with Crippen LogP contribution in [-0.4, -0.2) is 11.0 Å². The highest BCUT2D eigenvalue weighted by Crippen LogP contribution is 2.26. The van der Waals surface area contributed by atoms with Crippen LogP contribution in [0.5, 0.6) is 5.75 Å². The maximum Gasteiger partial charge on any atom is 0.340 e. The van der Waals surface area contributed by atoms with Gasteiger partial charge in [-0.2, -0.15) is 0 Å². The number of hydrogen-bond acceptors (Lipinski definition) is 5. The molecule has 1 heterocycles. The van der Waals surface area contributed by atoms with Crippen LogP contribution < -0.4 is 10.9 Å². The van der Waals surface area contributed by atoms with Crippen molar-refractivity contribution in [2.75, 3.05) is 5.32 Å². The van der Waals surface area contributed by atoms with Crippen LogP contribution in [0.4, 0.5) is 5.69 Å². The number of rotatable bonds is 5. The van der Waals surface area contributed by atoms with Crippen LogP contribution >= 0.6 is 11.8 Å². The third-order valence-electron chi connectivity index (χ3n) is 4.69. The van der Waals surface area contributed by atoms with Gasteiger partial charge in [0.1, 0.15) is 11.3 Å². The van der Waals surface area contributed by atoms with Crippen LogP contribution in [0.2, 0.25) is 0 Å². The SMILES string of the molecule is Cc1ccccc1C(=O)Nc1ccc(SCc2cc3ccc(O)cc3oc2=O)cc1. The summed E-state index contributed by atoms with van der Waals surface area (Å²) in [7, 11) is 0. The van der Waals surface area contributed by atoms with E-state index in [1.54, 1.807) is 24.3 Å². The number of aryl methyl sites for hydroxylation is 1. The van der Waals surface area contributed by atoms with Crippen LogP contribution in [0.15, 0.2) is 86.9 Å². The van der Waals surface area contributed by atoms with Gasteiger partial charge in [0.05, 0.1) is 0 Å². The Morgan fingerprint density at radius 3 is 2.57 bits per heavy atom. The van der Waals surface area contributed by atoms with Gasteiger partial charge < -0.3 is 14.8 Å². The lowest BCUT2D eigenvalue weighted by molar-refractivity contribution is 0.102. The Balaban J connectivity index is 1.43. The fraction of sp³-hybridized carbons (Fsp3) is 0.0833. The van der Waals surface area contributed by atoms with Gasteiger partial charge in [0, 0.05) is 38.9 Å². The number of anilines is 1. The fourth-order valence-electron chi connectivity index (χ4n) is 3.06. The summed E-state index contributed by atoms with van der Waals surface area (Å²) in [5.41, 5.74) is 2.77. The fourth-order valence-corrected chi connectivity index (χ4v) is 3.92. The van der Waals surface area contributed by atoms with Crippen molar-refractivity contribution >= 4 is 34.3 Å². The topological polar surface area (TPSA) is 79.5 Å². The largest absolute Gasteiger partial charge is 0.508 e. The molecule has 1 amide bonds. The lowest BCUT2D eigenvalue weighted by Gasteiger charge is -2.08. The molecule has 0 aliphatic heterocycles. The number of benzene rings is 3. The van der Waals surface area contributed by atoms with E-state index in [-0.39, 0.29) is 11.7 Å². The molecular formula is C24H19NO4S. The molecular weight excluding hydrogens is 398 g/mol. The number of phenols is 1. The Hall–Kier alpha value is -3.51. The molecule has 0 atom stereocenters. The Kier molecular flexibility index (Phi) is 5.59. The van der Waals surface area contributed by atoms with Crippen LogP contribution in [0.1, 0.15) is 21.5 Å². The van der Waals surface area contributed by atoms with Crippen LogP contribution in [0.25, 0.3) is 11.0 Å². The molecule has 2 N–H and O–H groups in total. The molecule has 3 aromatic carbocycles. The van der Waals surface area contributed by atoms with E-state index in [1.807, 2.05) is 49.4 Å². The Labute approximate surface area is 177 Å². The maximum atomic E-state index is 12.4. The van der Waals surface area contributed by atoms with Gasteiger partial charge in [0.2, 0.25) is 0 Å². The highest BCUT2D eigenvalue weighted by molar-refractivity contribution is 7.98. The average Bonchev–Trinajstić information content (AvgIpc) is 2.73. The summed E-state index contributed by atoms with van der Waals surface area (Å²) >= 11 is 1.50. The van der Waals surface area contributed by atoms with Gasteiger partial charge in [0.15, 0.2) is 0 Å². The summed E-state index contributed by atoms with van der Waals surface area (Å²) in [5, 5.41) is 13.2. The molecule has 0 radical (unpaired) electrons. The van der Waals surface area contributed by atoms with E-state index in [0.29, 0.717) is 28.2 Å². The van der Waals surface area contributed by atoms with E-state index in [2.05, 4.69) is 5.32 Å². The van der Waals surface area contributed by atoms with Gasteiger partial charge in [-0.15, -0.1) is 11.8 Å². The molecule has 6 heteroatoms. The van der Waals surface area contributed by atoms with E-state index >= 15 is 0 Å². The minimum atomic E-state index is -0.414. The second-order valence-corrected chi connectivity index (χ2v) is 7.91. The molecule has 0 saturated carbocycles. The predicted octanol–water partition coefficient (Wildman–Crippen LogP) is 5.35. The lowest BCUT2D eigenvalue weighted by atomic mass is 10.1. The number of aromatic hydroxyl groups is 1. The quantitative estimate of drug-likeness (QED) is 0.338. The van der Waals surface area contributed by atoms with E-state index < -0.39 is 5.63 Å². The molecule has 0 fully saturated rings. The second-order valence-electron chi connectivity index (χ2n) is 6.86. The van der Waals surface area contributed by atoms with Crippen molar-refractivity contribution < 1.29 is 14.3 Å². The third-order valence-corrected chi connectivity index (χ3v) is 5.75. The van der Waals surface area contributed by atoms with Crippen molar-refractivity contribution in [3.05, 3.63) is 99.9 Å². The smallest absolute Gasteiger partial charge is 0.340 e. The first-order valence-electron chi connectivity index (χ1n) is 9.35. The normalized spacial score (nSPS) is 10.8. The zero-order valence-corrected chi connectivity index (χ0v) is 17.0. The predicted molar refractivity (Wildman–Crippen MR) is 119 cm³/mol. The maximum absolute atomic E-state index is 12.4. The van der Waals surface area contributed by atoms with Gasteiger partial charge in [-0.1, -0.05) is 18.2 Å². The first-order valence-corrected chi connectivity index (χ1v) is 10.3. The first-order chi connectivity index (χ1) is 14.5. The van der Waals surface area contributed by atoms with Crippen molar-refractivity contribution in [2.45, 2.75) is 17.6 Å². The molecule has 1 aromatic heterocycles. The molecule has 150 valence electrons. The molecule has 30 heavy (non-hydrogen) atoms. The molecule has 0 aliphatic rings. The van der Waals surface area contributed by atoms with E-state index in [0.717, 1.165) is 15.8 Å². The molecule has 5 nitrogen and oxygen atoms in total. The third kappa shape index (κ3) is 4.39. The van der Waals surface area contributed by atoms with Crippen LogP contribution in [0.3, 0.4) is 0 Å². The van der Waals surface area contributed by atoms with E-state index in [9.17, 15) is 14.7 Å². The van der Waals surface area contributed by atoms with E-state index in [4.69, 9.17) is 4.42 Å². The summed E-state index contributed by atoms with van der Waals surface area (Å²) in [4.78, 5) is 25.6. The molecule has 0 spiro atoms. The average molecular weight is 417 g/mol. The minimum Gasteiger partial charge on any atom is -0.508 e. The van der Waals surface area contributed by atoms with Gasteiger partial charge in [-0.05, 0) is 61.0 Å². The van der Waals surface area contributed by atoms with Gasteiger partial charge in [-0.3, -0.25) is 4.79 Å². The second kappa shape index (κ2) is 8.47. The number of carbonyl (C=O) groups is 1. The number of phenolic OH excluding ortho intramolecular Hbond substituents is 1. The van der Waals surface area contributed by atoms with Gasteiger partial charge >= 0.3 is 5.63 Å². The summed E-state index contributed by atoms with van der Waals surface area (Å²) in [5.74, 6) is 0.365. The van der Waals surface area contributed by atoms with Gasteiger partial charge in [-0.25, -0.2) is 4.79 Å². The monoisotopic (exact) mass is 417 g/mol.